The second kappa shape index (κ2) is 4.47. The van der Waals surface area contributed by atoms with Gasteiger partial charge in [0.15, 0.2) is 0 Å². The fourth-order valence-corrected chi connectivity index (χ4v) is 3.90. The van der Waals surface area contributed by atoms with E-state index in [0.717, 1.165) is 15.6 Å². The maximum absolute atomic E-state index is 11.9. The van der Waals surface area contributed by atoms with Crippen molar-refractivity contribution >= 4 is 26.0 Å². The van der Waals surface area contributed by atoms with Crippen molar-refractivity contribution in [2.24, 2.45) is 0 Å². The molecule has 0 fully saturated rings. The van der Waals surface area contributed by atoms with Crippen LogP contribution in [0.4, 0.5) is 0 Å². The van der Waals surface area contributed by atoms with Gasteiger partial charge in [-0.05, 0) is 23.6 Å². The fourth-order valence-electron chi connectivity index (χ4n) is 1.93. The van der Waals surface area contributed by atoms with Crippen LogP contribution in [0.1, 0.15) is 24.5 Å². The van der Waals surface area contributed by atoms with Gasteiger partial charge < -0.3 is 0 Å². The maximum Gasteiger partial charge on any atom is 0.214 e. The Morgan fingerprint density at radius 3 is 2.75 bits per heavy atom. The molecule has 1 aliphatic rings. The third-order valence-corrected chi connectivity index (χ3v) is 5.46. The second-order valence-electron chi connectivity index (χ2n) is 3.96. The van der Waals surface area contributed by atoms with Gasteiger partial charge in [-0.15, -0.1) is 0 Å². The number of hydrogen-bond donors (Lipinski definition) is 0. The maximum atomic E-state index is 11.9. The monoisotopic (exact) mass is 303 g/mol. The van der Waals surface area contributed by atoms with E-state index in [2.05, 4.69) is 15.9 Å². The quantitative estimate of drug-likeness (QED) is 0.860. The van der Waals surface area contributed by atoms with Gasteiger partial charge in [0, 0.05) is 17.6 Å². The van der Waals surface area contributed by atoms with E-state index in [-0.39, 0.29) is 5.75 Å². The normalized spacial score (nSPS) is 16.4. The van der Waals surface area contributed by atoms with E-state index in [1.54, 1.807) is 4.31 Å². The van der Waals surface area contributed by atoms with Gasteiger partial charge in [0.05, 0.1) is 5.75 Å². The third kappa shape index (κ3) is 2.17. The number of fused-ring (bicyclic) bond motifs is 1. The number of benzene rings is 1. The van der Waals surface area contributed by atoms with Crippen molar-refractivity contribution < 1.29 is 8.42 Å². The average molecular weight is 304 g/mol. The van der Waals surface area contributed by atoms with Crippen LogP contribution in [-0.2, 0) is 23.1 Å². The predicted molar refractivity (Wildman–Crippen MR) is 67.5 cm³/mol. The molecule has 0 unspecified atom stereocenters. The zero-order chi connectivity index (χ0) is 11.8. The molecular formula is C11H14BrNO2S. The number of hydrogen-bond acceptors (Lipinski definition) is 2. The van der Waals surface area contributed by atoms with Crippen LogP contribution in [0.3, 0.4) is 0 Å². The highest BCUT2D eigenvalue weighted by Crippen LogP contribution is 2.31. The Hall–Kier alpha value is -0.390. The molecule has 0 radical (unpaired) electrons. The number of rotatable bonds is 3. The van der Waals surface area contributed by atoms with E-state index in [4.69, 9.17) is 0 Å². The molecule has 0 spiro atoms. The van der Waals surface area contributed by atoms with E-state index < -0.39 is 10.0 Å². The zero-order valence-corrected chi connectivity index (χ0v) is 11.5. The largest absolute Gasteiger partial charge is 0.214 e. The Morgan fingerprint density at radius 2 is 2.12 bits per heavy atom. The van der Waals surface area contributed by atoms with E-state index in [1.807, 2.05) is 25.1 Å². The first-order valence-electron chi connectivity index (χ1n) is 5.28. The van der Waals surface area contributed by atoms with Crippen LogP contribution in [0.2, 0.25) is 0 Å². The second-order valence-corrected chi connectivity index (χ2v) is 6.90. The number of nitrogens with zero attached hydrogens (tertiary/aromatic N) is 1. The molecular weight excluding hydrogens is 290 g/mol. The molecule has 1 aromatic rings. The van der Waals surface area contributed by atoms with Gasteiger partial charge in [-0.25, -0.2) is 8.42 Å². The Balaban J connectivity index is 2.27. The van der Waals surface area contributed by atoms with Gasteiger partial charge in [0.1, 0.15) is 0 Å². The van der Waals surface area contributed by atoms with Crippen molar-refractivity contribution in [3.05, 3.63) is 33.8 Å². The lowest BCUT2D eigenvalue weighted by Gasteiger charge is -2.14. The van der Waals surface area contributed by atoms with Crippen molar-refractivity contribution in [3.8, 4) is 0 Å². The predicted octanol–water partition coefficient (Wildman–Crippen LogP) is 2.50. The number of sulfonamides is 1. The molecule has 0 bridgehead atoms. The van der Waals surface area contributed by atoms with Gasteiger partial charge in [-0.1, -0.05) is 35.0 Å². The Morgan fingerprint density at radius 1 is 1.38 bits per heavy atom. The van der Waals surface area contributed by atoms with Gasteiger partial charge in [0.25, 0.3) is 0 Å². The molecule has 0 N–H and O–H groups in total. The Bertz CT molecular complexity index is 499. The van der Waals surface area contributed by atoms with Crippen molar-refractivity contribution in [2.45, 2.75) is 26.4 Å². The summed E-state index contributed by atoms with van der Waals surface area (Å²) >= 11 is 3.46. The Labute approximate surface area is 105 Å². The summed E-state index contributed by atoms with van der Waals surface area (Å²) in [6.45, 7) is 2.90. The van der Waals surface area contributed by atoms with Gasteiger partial charge in [-0.2, -0.15) is 4.31 Å². The topological polar surface area (TPSA) is 37.4 Å². The summed E-state index contributed by atoms with van der Waals surface area (Å²) in [6, 6.07) is 5.88. The summed E-state index contributed by atoms with van der Waals surface area (Å²) < 4.78 is 26.4. The van der Waals surface area contributed by atoms with Gasteiger partial charge in [-0.3, -0.25) is 0 Å². The first kappa shape index (κ1) is 12.1. The first-order valence-corrected chi connectivity index (χ1v) is 7.69. The van der Waals surface area contributed by atoms with E-state index in [9.17, 15) is 8.42 Å². The fraction of sp³-hybridized carbons (Fsp3) is 0.455. The highest BCUT2D eigenvalue weighted by Gasteiger charge is 2.29. The van der Waals surface area contributed by atoms with E-state index >= 15 is 0 Å². The van der Waals surface area contributed by atoms with Gasteiger partial charge in [0.2, 0.25) is 10.0 Å². The smallest absolute Gasteiger partial charge is 0.212 e. The van der Waals surface area contributed by atoms with Crippen LogP contribution in [0.15, 0.2) is 22.7 Å². The molecule has 0 aromatic heterocycles. The van der Waals surface area contributed by atoms with Crippen LogP contribution < -0.4 is 0 Å². The molecule has 1 heterocycles. The molecule has 2 rings (SSSR count). The minimum atomic E-state index is -3.08. The summed E-state index contributed by atoms with van der Waals surface area (Å²) in [5, 5.41) is 0. The van der Waals surface area contributed by atoms with E-state index in [0.29, 0.717) is 19.5 Å². The Kier molecular flexibility index (Phi) is 3.37. The summed E-state index contributed by atoms with van der Waals surface area (Å²) in [7, 11) is -3.08. The molecule has 1 aliphatic heterocycles. The molecule has 88 valence electrons. The van der Waals surface area contributed by atoms with Crippen molar-refractivity contribution in [1.82, 2.24) is 4.31 Å². The molecule has 0 amide bonds. The molecule has 16 heavy (non-hydrogen) atoms. The summed E-state index contributed by atoms with van der Waals surface area (Å²) in [5.74, 6) is 0.235. The number of halogens is 1. The van der Waals surface area contributed by atoms with Crippen LogP contribution in [0.25, 0.3) is 0 Å². The molecule has 0 saturated heterocycles. The van der Waals surface area contributed by atoms with Crippen LogP contribution in [-0.4, -0.2) is 18.5 Å². The molecule has 5 heteroatoms. The van der Waals surface area contributed by atoms with Crippen LogP contribution >= 0.6 is 15.9 Å². The molecule has 0 atom stereocenters. The molecule has 3 nitrogen and oxygen atoms in total. The summed E-state index contributed by atoms with van der Waals surface area (Å²) in [6.07, 6.45) is 0.663. The first-order chi connectivity index (χ1) is 7.54. The van der Waals surface area contributed by atoms with E-state index in [1.165, 1.54) is 0 Å². The standard InChI is InChI=1S/C11H14BrNO2S/c1-2-6-16(14,15)13-7-9-4-3-5-11(12)10(9)8-13/h3-5H,2,6-8H2,1H3. The van der Waals surface area contributed by atoms with Crippen LogP contribution in [0, 0.1) is 0 Å². The molecule has 0 aliphatic carbocycles. The zero-order valence-electron chi connectivity index (χ0n) is 9.11. The van der Waals surface area contributed by atoms with Gasteiger partial charge >= 0.3 is 0 Å². The minimum absolute atomic E-state index is 0.235. The lowest BCUT2D eigenvalue weighted by Crippen LogP contribution is -2.27. The highest BCUT2D eigenvalue weighted by molar-refractivity contribution is 9.10. The summed E-state index contributed by atoms with van der Waals surface area (Å²) in [5.41, 5.74) is 2.20. The molecule has 1 aromatic carbocycles. The molecule has 0 saturated carbocycles. The summed E-state index contributed by atoms with van der Waals surface area (Å²) in [4.78, 5) is 0. The lowest BCUT2D eigenvalue weighted by atomic mass is 10.1. The van der Waals surface area contributed by atoms with Crippen molar-refractivity contribution in [3.63, 3.8) is 0 Å². The van der Waals surface area contributed by atoms with Crippen molar-refractivity contribution in [1.29, 1.82) is 0 Å². The lowest BCUT2D eigenvalue weighted by molar-refractivity contribution is 0.431. The highest BCUT2D eigenvalue weighted by atomic mass is 79.9. The van der Waals surface area contributed by atoms with Crippen molar-refractivity contribution in [2.75, 3.05) is 5.75 Å². The average Bonchev–Trinajstić information content (AvgIpc) is 2.63. The third-order valence-electron chi connectivity index (χ3n) is 2.75. The SMILES string of the molecule is CCCS(=O)(=O)N1Cc2cccc(Br)c2C1. The van der Waals surface area contributed by atoms with Crippen LogP contribution in [0.5, 0.6) is 0 Å². The minimum Gasteiger partial charge on any atom is -0.212 e.